The lowest BCUT2D eigenvalue weighted by Crippen LogP contribution is -2.19. The number of aromatic hydroxyl groups is 1. The van der Waals surface area contributed by atoms with Crippen molar-refractivity contribution < 1.29 is 14.6 Å². The second-order valence-corrected chi connectivity index (χ2v) is 6.84. The highest BCUT2D eigenvalue weighted by Crippen LogP contribution is 2.34. The molecule has 4 heteroatoms. The van der Waals surface area contributed by atoms with Gasteiger partial charge in [0.2, 0.25) is 0 Å². The molecule has 1 aromatic heterocycles. The number of aryl methyl sites for hydroxylation is 1. The predicted molar refractivity (Wildman–Crippen MR) is 106 cm³/mol. The van der Waals surface area contributed by atoms with Gasteiger partial charge in [-0.2, -0.15) is 0 Å². The summed E-state index contributed by atoms with van der Waals surface area (Å²) in [7, 11) is 1.68. The minimum Gasteiger partial charge on any atom is -0.508 e. The van der Waals surface area contributed by atoms with Gasteiger partial charge in [0.05, 0.1) is 6.04 Å². The van der Waals surface area contributed by atoms with E-state index in [0.717, 1.165) is 17.0 Å². The van der Waals surface area contributed by atoms with Crippen molar-refractivity contribution in [3.8, 4) is 5.75 Å². The third-order valence-corrected chi connectivity index (χ3v) is 5.09. The molecule has 0 bridgehead atoms. The van der Waals surface area contributed by atoms with Crippen LogP contribution >= 0.6 is 0 Å². The third-order valence-electron chi connectivity index (χ3n) is 5.09. The monoisotopic (exact) mass is 363 g/mol. The van der Waals surface area contributed by atoms with Crippen molar-refractivity contribution in [3.63, 3.8) is 0 Å². The van der Waals surface area contributed by atoms with Crippen LogP contribution in [-0.4, -0.2) is 22.6 Å². The standard InChI is InChI=1S/C23H25NO3/c1-15-14-21(22(26)18-8-6-5-7-9-18)16(2)24(15)17(3)23(27-4)19-10-12-20(25)13-11-19/h5-14,17,23,25H,1-4H3. The van der Waals surface area contributed by atoms with Crippen molar-refractivity contribution in [1.29, 1.82) is 0 Å². The minimum absolute atomic E-state index is 0.0168. The van der Waals surface area contributed by atoms with Crippen molar-refractivity contribution in [2.45, 2.75) is 32.9 Å². The summed E-state index contributed by atoms with van der Waals surface area (Å²) in [6.07, 6.45) is -0.199. The summed E-state index contributed by atoms with van der Waals surface area (Å²) in [5, 5.41) is 9.54. The second-order valence-electron chi connectivity index (χ2n) is 6.84. The van der Waals surface area contributed by atoms with E-state index >= 15 is 0 Å². The number of carbonyl (C=O) groups excluding carboxylic acids is 1. The SMILES string of the molecule is COC(c1ccc(O)cc1)C(C)n1c(C)cc(C(=O)c2ccccc2)c1C. The van der Waals surface area contributed by atoms with Crippen LogP contribution in [0.1, 0.15) is 51.9 Å². The van der Waals surface area contributed by atoms with Crippen LogP contribution in [0.15, 0.2) is 60.7 Å². The smallest absolute Gasteiger partial charge is 0.194 e. The van der Waals surface area contributed by atoms with E-state index in [2.05, 4.69) is 11.5 Å². The van der Waals surface area contributed by atoms with Crippen molar-refractivity contribution in [1.82, 2.24) is 4.57 Å². The van der Waals surface area contributed by atoms with Gasteiger partial charge in [0.25, 0.3) is 0 Å². The molecular formula is C23H25NO3. The van der Waals surface area contributed by atoms with E-state index in [1.165, 1.54) is 0 Å². The molecule has 0 aliphatic rings. The number of benzene rings is 2. The quantitative estimate of drug-likeness (QED) is 0.628. The zero-order chi connectivity index (χ0) is 19.6. The number of hydrogen-bond acceptors (Lipinski definition) is 3. The molecule has 0 spiro atoms. The van der Waals surface area contributed by atoms with Crippen LogP contribution in [0, 0.1) is 13.8 Å². The molecule has 27 heavy (non-hydrogen) atoms. The Hall–Kier alpha value is -2.85. The first-order valence-electron chi connectivity index (χ1n) is 9.04. The van der Waals surface area contributed by atoms with Gasteiger partial charge in [-0.05, 0) is 44.5 Å². The van der Waals surface area contributed by atoms with Crippen molar-refractivity contribution >= 4 is 5.78 Å². The van der Waals surface area contributed by atoms with Gasteiger partial charge in [-0.1, -0.05) is 42.5 Å². The molecule has 0 amide bonds. The van der Waals surface area contributed by atoms with Crippen LogP contribution in [0.4, 0.5) is 0 Å². The van der Waals surface area contributed by atoms with Gasteiger partial charge < -0.3 is 14.4 Å². The Morgan fingerprint density at radius 1 is 1.04 bits per heavy atom. The number of methoxy groups -OCH3 is 1. The molecule has 2 aromatic carbocycles. The fourth-order valence-electron chi connectivity index (χ4n) is 3.79. The van der Waals surface area contributed by atoms with Gasteiger partial charge in [-0.3, -0.25) is 4.79 Å². The van der Waals surface area contributed by atoms with Crippen LogP contribution in [0.3, 0.4) is 0 Å². The number of ketones is 1. The average molecular weight is 363 g/mol. The molecule has 3 rings (SSSR count). The van der Waals surface area contributed by atoms with Crippen LogP contribution in [0.5, 0.6) is 5.75 Å². The summed E-state index contributed by atoms with van der Waals surface area (Å²) in [4.78, 5) is 12.9. The highest BCUT2D eigenvalue weighted by molar-refractivity contribution is 6.09. The first-order valence-corrected chi connectivity index (χ1v) is 9.04. The van der Waals surface area contributed by atoms with E-state index in [0.29, 0.717) is 11.1 Å². The number of phenols is 1. The van der Waals surface area contributed by atoms with Crippen molar-refractivity contribution in [3.05, 3.63) is 88.7 Å². The van der Waals surface area contributed by atoms with Gasteiger partial charge in [0.1, 0.15) is 11.9 Å². The Morgan fingerprint density at radius 3 is 2.26 bits per heavy atom. The number of hydrogen-bond donors (Lipinski definition) is 1. The van der Waals surface area contributed by atoms with Crippen molar-refractivity contribution in [2.24, 2.45) is 0 Å². The van der Waals surface area contributed by atoms with Crippen molar-refractivity contribution in [2.75, 3.05) is 7.11 Å². The Balaban J connectivity index is 1.98. The van der Waals surface area contributed by atoms with E-state index in [-0.39, 0.29) is 23.7 Å². The summed E-state index contributed by atoms with van der Waals surface area (Å²) >= 11 is 0. The Kier molecular flexibility index (Phi) is 5.47. The fourth-order valence-corrected chi connectivity index (χ4v) is 3.79. The zero-order valence-electron chi connectivity index (χ0n) is 16.1. The van der Waals surface area contributed by atoms with E-state index in [9.17, 15) is 9.90 Å². The molecule has 0 aliphatic heterocycles. The first kappa shape index (κ1) is 18.9. The molecule has 0 saturated heterocycles. The number of ether oxygens (including phenoxy) is 1. The minimum atomic E-state index is -0.199. The third kappa shape index (κ3) is 3.67. The predicted octanol–water partition coefficient (Wildman–Crippen LogP) is 4.99. The van der Waals surface area contributed by atoms with E-state index < -0.39 is 0 Å². The normalized spacial score (nSPS) is 13.3. The van der Waals surface area contributed by atoms with Gasteiger partial charge in [0.15, 0.2) is 5.78 Å². The van der Waals surface area contributed by atoms with Crippen LogP contribution in [-0.2, 0) is 4.74 Å². The van der Waals surface area contributed by atoms with Gasteiger partial charge >= 0.3 is 0 Å². The van der Waals surface area contributed by atoms with Gasteiger partial charge in [-0.15, -0.1) is 0 Å². The number of phenolic OH excluding ortho intramolecular Hbond substituents is 1. The average Bonchev–Trinajstić information content (AvgIpc) is 2.98. The summed E-state index contributed by atoms with van der Waals surface area (Å²) in [6.45, 7) is 6.07. The Morgan fingerprint density at radius 2 is 1.67 bits per heavy atom. The highest BCUT2D eigenvalue weighted by Gasteiger charge is 2.26. The maximum absolute atomic E-state index is 12.9. The van der Waals surface area contributed by atoms with E-state index in [1.54, 1.807) is 19.2 Å². The highest BCUT2D eigenvalue weighted by atomic mass is 16.5. The van der Waals surface area contributed by atoms with Gasteiger partial charge in [0, 0.05) is 29.6 Å². The molecule has 0 fully saturated rings. The number of aromatic nitrogens is 1. The molecule has 4 nitrogen and oxygen atoms in total. The summed E-state index contributed by atoms with van der Waals surface area (Å²) in [6, 6.07) is 18.3. The molecule has 0 aliphatic carbocycles. The molecule has 1 N–H and O–H groups in total. The first-order chi connectivity index (χ1) is 12.9. The van der Waals surface area contributed by atoms with E-state index in [1.807, 2.05) is 62.4 Å². The maximum atomic E-state index is 12.9. The molecule has 0 radical (unpaired) electrons. The fraction of sp³-hybridized carbons (Fsp3) is 0.261. The molecule has 140 valence electrons. The lowest BCUT2D eigenvalue weighted by Gasteiger charge is -2.27. The van der Waals surface area contributed by atoms with E-state index in [4.69, 9.17) is 4.74 Å². The lowest BCUT2D eigenvalue weighted by atomic mass is 10.0. The molecular weight excluding hydrogens is 338 g/mol. The molecule has 3 aromatic rings. The Bertz CT molecular complexity index is 926. The number of nitrogens with zero attached hydrogens (tertiary/aromatic N) is 1. The van der Waals surface area contributed by atoms with Crippen LogP contribution in [0.25, 0.3) is 0 Å². The summed E-state index contributed by atoms with van der Waals surface area (Å²) in [5.74, 6) is 0.256. The summed E-state index contributed by atoms with van der Waals surface area (Å²) < 4.78 is 7.92. The molecule has 1 heterocycles. The summed E-state index contributed by atoms with van der Waals surface area (Å²) in [5.41, 5.74) is 4.32. The molecule has 0 saturated carbocycles. The maximum Gasteiger partial charge on any atom is 0.194 e. The Labute approximate surface area is 160 Å². The number of rotatable bonds is 6. The molecule has 2 unspecified atom stereocenters. The molecule has 2 atom stereocenters. The van der Waals surface area contributed by atoms with Crippen LogP contribution in [0.2, 0.25) is 0 Å². The van der Waals surface area contributed by atoms with Gasteiger partial charge in [-0.25, -0.2) is 0 Å². The topological polar surface area (TPSA) is 51.5 Å². The zero-order valence-corrected chi connectivity index (χ0v) is 16.1. The largest absolute Gasteiger partial charge is 0.508 e. The second kappa shape index (κ2) is 7.80. The number of carbonyl (C=O) groups is 1. The van der Waals surface area contributed by atoms with Crippen LogP contribution < -0.4 is 0 Å². The lowest BCUT2D eigenvalue weighted by molar-refractivity contribution is 0.0609.